The van der Waals surface area contributed by atoms with Crippen molar-refractivity contribution < 1.29 is 9.90 Å². The smallest absolute Gasteiger partial charge is 0.253 e. The number of amides is 1. The maximum Gasteiger partial charge on any atom is 0.253 e. The van der Waals surface area contributed by atoms with E-state index in [2.05, 4.69) is 10.1 Å². The summed E-state index contributed by atoms with van der Waals surface area (Å²) in [6, 6.07) is 5.59. The zero-order chi connectivity index (χ0) is 15.7. The molecule has 6 nitrogen and oxygen atoms in total. The number of aryl methyl sites for hydroxylation is 1. The van der Waals surface area contributed by atoms with Crippen LogP contribution in [0.1, 0.15) is 29.3 Å². The SMILES string of the molecule is Cc1cc(C(=O)N2CCC(C(C)O)C2)ccc1-n1cncn1. The number of carbonyl (C=O) groups excluding carboxylic acids is 1. The van der Waals surface area contributed by atoms with Crippen LogP contribution in [0, 0.1) is 12.8 Å². The fraction of sp³-hybridized carbons (Fsp3) is 0.438. The predicted molar refractivity (Wildman–Crippen MR) is 81.8 cm³/mol. The van der Waals surface area contributed by atoms with Gasteiger partial charge in [0, 0.05) is 24.6 Å². The zero-order valence-corrected chi connectivity index (χ0v) is 12.8. The second-order valence-electron chi connectivity index (χ2n) is 5.88. The van der Waals surface area contributed by atoms with Crippen LogP contribution < -0.4 is 0 Å². The molecule has 0 aliphatic carbocycles. The molecule has 0 saturated carbocycles. The van der Waals surface area contributed by atoms with Gasteiger partial charge in [0.25, 0.3) is 5.91 Å². The standard InChI is InChI=1S/C16H20N4O2/c1-11-7-13(3-4-15(11)20-10-17-9-18-20)16(22)19-6-5-14(8-19)12(2)21/h3-4,7,9-10,12,14,21H,5-6,8H2,1-2H3. The van der Waals surface area contributed by atoms with Crippen LogP contribution in [0.5, 0.6) is 0 Å². The van der Waals surface area contributed by atoms with Crippen LogP contribution in [0.2, 0.25) is 0 Å². The van der Waals surface area contributed by atoms with Gasteiger partial charge in [0.2, 0.25) is 0 Å². The first kappa shape index (κ1) is 14.7. The molecule has 0 bridgehead atoms. The fourth-order valence-electron chi connectivity index (χ4n) is 2.93. The number of benzene rings is 1. The molecule has 2 unspecified atom stereocenters. The van der Waals surface area contributed by atoms with Gasteiger partial charge in [0.05, 0.1) is 11.8 Å². The first-order valence-corrected chi connectivity index (χ1v) is 7.49. The largest absolute Gasteiger partial charge is 0.393 e. The minimum absolute atomic E-state index is 0.0244. The predicted octanol–water partition coefficient (Wildman–Crippen LogP) is 1.42. The molecule has 2 atom stereocenters. The number of carbonyl (C=O) groups is 1. The summed E-state index contributed by atoms with van der Waals surface area (Å²) in [5, 5.41) is 13.8. The van der Waals surface area contributed by atoms with E-state index in [1.165, 1.54) is 6.33 Å². The van der Waals surface area contributed by atoms with Crippen molar-refractivity contribution in [2.24, 2.45) is 5.92 Å². The van der Waals surface area contributed by atoms with Crippen LogP contribution in [-0.2, 0) is 0 Å². The molecule has 1 aliphatic heterocycles. The van der Waals surface area contributed by atoms with Gasteiger partial charge in [-0.3, -0.25) is 4.79 Å². The third-order valence-corrected chi connectivity index (χ3v) is 4.30. The van der Waals surface area contributed by atoms with E-state index in [1.807, 2.05) is 30.0 Å². The van der Waals surface area contributed by atoms with Crippen molar-refractivity contribution in [3.05, 3.63) is 42.0 Å². The Morgan fingerprint density at radius 1 is 1.45 bits per heavy atom. The molecule has 1 amide bonds. The Hall–Kier alpha value is -2.21. The molecule has 1 aliphatic rings. The van der Waals surface area contributed by atoms with E-state index in [0.717, 1.165) is 17.7 Å². The van der Waals surface area contributed by atoms with Gasteiger partial charge >= 0.3 is 0 Å². The Morgan fingerprint density at radius 2 is 2.27 bits per heavy atom. The summed E-state index contributed by atoms with van der Waals surface area (Å²) in [4.78, 5) is 18.3. The molecule has 0 radical (unpaired) electrons. The van der Waals surface area contributed by atoms with Gasteiger partial charge < -0.3 is 10.0 Å². The summed E-state index contributed by atoms with van der Waals surface area (Å²) in [6.07, 6.45) is 3.62. The monoisotopic (exact) mass is 300 g/mol. The van der Waals surface area contributed by atoms with Gasteiger partial charge in [-0.2, -0.15) is 5.10 Å². The summed E-state index contributed by atoms with van der Waals surface area (Å²) in [6.45, 7) is 5.07. The molecule has 0 spiro atoms. The highest BCUT2D eigenvalue weighted by atomic mass is 16.3. The number of nitrogens with zero attached hydrogens (tertiary/aromatic N) is 4. The number of likely N-dealkylation sites (tertiary alicyclic amines) is 1. The summed E-state index contributed by atoms with van der Waals surface area (Å²) >= 11 is 0. The molecule has 2 heterocycles. The molecular formula is C16H20N4O2. The second-order valence-corrected chi connectivity index (χ2v) is 5.88. The molecule has 116 valence electrons. The van der Waals surface area contributed by atoms with Crippen LogP contribution in [-0.4, -0.2) is 49.9 Å². The van der Waals surface area contributed by atoms with Crippen LogP contribution in [0.3, 0.4) is 0 Å². The van der Waals surface area contributed by atoms with E-state index in [-0.39, 0.29) is 17.9 Å². The number of hydrogen-bond donors (Lipinski definition) is 1. The third-order valence-electron chi connectivity index (χ3n) is 4.30. The van der Waals surface area contributed by atoms with Crippen molar-refractivity contribution in [3.63, 3.8) is 0 Å². The topological polar surface area (TPSA) is 71.2 Å². The van der Waals surface area contributed by atoms with E-state index in [0.29, 0.717) is 18.7 Å². The number of rotatable bonds is 3. The van der Waals surface area contributed by atoms with E-state index in [9.17, 15) is 9.90 Å². The lowest BCUT2D eigenvalue weighted by molar-refractivity contribution is 0.0762. The minimum atomic E-state index is -0.366. The van der Waals surface area contributed by atoms with Gasteiger partial charge in [0.15, 0.2) is 0 Å². The van der Waals surface area contributed by atoms with Crippen LogP contribution in [0.25, 0.3) is 5.69 Å². The van der Waals surface area contributed by atoms with Crippen molar-refractivity contribution in [3.8, 4) is 5.69 Å². The molecule has 2 aromatic rings. The molecule has 1 aromatic heterocycles. The minimum Gasteiger partial charge on any atom is -0.393 e. The molecule has 1 aromatic carbocycles. The van der Waals surface area contributed by atoms with Gasteiger partial charge in [0.1, 0.15) is 12.7 Å². The Labute approximate surface area is 129 Å². The van der Waals surface area contributed by atoms with E-state index >= 15 is 0 Å². The normalized spacial score (nSPS) is 19.4. The molecule has 3 rings (SSSR count). The lowest BCUT2D eigenvalue weighted by Crippen LogP contribution is -2.30. The molecule has 1 saturated heterocycles. The maximum atomic E-state index is 12.6. The highest BCUT2D eigenvalue weighted by Crippen LogP contribution is 2.23. The van der Waals surface area contributed by atoms with Crippen molar-refractivity contribution >= 4 is 5.91 Å². The summed E-state index contributed by atoms with van der Waals surface area (Å²) in [7, 11) is 0. The number of aromatic nitrogens is 3. The van der Waals surface area contributed by atoms with Crippen molar-refractivity contribution in [1.82, 2.24) is 19.7 Å². The third kappa shape index (κ3) is 2.74. The van der Waals surface area contributed by atoms with Gasteiger partial charge in [-0.05, 0) is 44.0 Å². The van der Waals surface area contributed by atoms with Crippen LogP contribution in [0.15, 0.2) is 30.9 Å². The summed E-state index contributed by atoms with van der Waals surface area (Å²) in [5.41, 5.74) is 2.56. The quantitative estimate of drug-likeness (QED) is 0.930. The average Bonchev–Trinajstić information content (AvgIpc) is 3.17. The average molecular weight is 300 g/mol. The van der Waals surface area contributed by atoms with Gasteiger partial charge in [-0.15, -0.1) is 0 Å². The van der Waals surface area contributed by atoms with Crippen LogP contribution in [0.4, 0.5) is 0 Å². The highest BCUT2D eigenvalue weighted by Gasteiger charge is 2.29. The van der Waals surface area contributed by atoms with Crippen molar-refractivity contribution in [2.45, 2.75) is 26.4 Å². The molecule has 1 N–H and O–H groups in total. The maximum absolute atomic E-state index is 12.6. The number of aliphatic hydroxyl groups is 1. The lowest BCUT2D eigenvalue weighted by Gasteiger charge is -2.18. The van der Waals surface area contributed by atoms with Gasteiger partial charge in [-0.25, -0.2) is 9.67 Å². The molecular weight excluding hydrogens is 280 g/mol. The first-order valence-electron chi connectivity index (χ1n) is 7.49. The number of aliphatic hydroxyl groups excluding tert-OH is 1. The summed E-state index contributed by atoms with van der Waals surface area (Å²) in [5.74, 6) is 0.204. The van der Waals surface area contributed by atoms with Gasteiger partial charge in [-0.1, -0.05) is 0 Å². The first-order chi connectivity index (χ1) is 10.6. The zero-order valence-electron chi connectivity index (χ0n) is 12.8. The van der Waals surface area contributed by atoms with E-state index in [1.54, 1.807) is 17.9 Å². The Balaban J connectivity index is 1.78. The Morgan fingerprint density at radius 3 is 2.86 bits per heavy atom. The molecule has 1 fully saturated rings. The van der Waals surface area contributed by atoms with E-state index in [4.69, 9.17) is 0 Å². The fourth-order valence-corrected chi connectivity index (χ4v) is 2.93. The van der Waals surface area contributed by atoms with Crippen molar-refractivity contribution in [2.75, 3.05) is 13.1 Å². The van der Waals surface area contributed by atoms with Crippen molar-refractivity contribution in [1.29, 1.82) is 0 Å². The highest BCUT2D eigenvalue weighted by molar-refractivity contribution is 5.94. The molecule has 6 heteroatoms. The Bertz CT molecular complexity index is 667. The van der Waals surface area contributed by atoms with Crippen LogP contribution >= 0.6 is 0 Å². The Kier molecular flexibility index (Phi) is 3.94. The second kappa shape index (κ2) is 5.88. The van der Waals surface area contributed by atoms with E-state index < -0.39 is 0 Å². The lowest BCUT2D eigenvalue weighted by atomic mass is 10.0. The summed E-state index contributed by atoms with van der Waals surface area (Å²) < 4.78 is 1.68. The number of hydrogen-bond acceptors (Lipinski definition) is 4. The molecule has 22 heavy (non-hydrogen) atoms.